The van der Waals surface area contributed by atoms with Gasteiger partial charge in [0.2, 0.25) is 5.88 Å². The monoisotopic (exact) mass is 265 g/mol. The summed E-state index contributed by atoms with van der Waals surface area (Å²) in [6.45, 7) is 3.18. The van der Waals surface area contributed by atoms with E-state index in [1.165, 1.54) is 37.8 Å². The van der Waals surface area contributed by atoms with Crippen molar-refractivity contribution in [2.24, 2.45) is 5.92 Å². The summed E-state index contributed by atoms with van der Waals surface area (Å²) in [6, 6.07) is 2.81. The van der Waals surface area contributed by atoms with Crippen LogP contribution in [0.2, 0.25) is 0 Å². The number of nitro groups is 1. The number of rotatable bonds is 6. The van der Waals surface area contributed by atoms with Crippen LogP contribution in [0.1, 0.15) is 32.6 Å². The zero-order chi connectivity index (χ0) is 13.7. The molecular weight excluding hydrogens is 246 g/mol. The van der Waals surface area contributed by atoms with Gasteiger partial charge in [0.25, 0.3) is 5.69 Å². The first kappa shape index (κ1) is 13.6. The molecule has 0 radical (unpaired) electrons. The quantitative estimate of drug-likeness (QED) is 0.632. The maximum atomic E-state index is 10.9. The molecule has 0 unspecified atom stereocenters. The van der Waals surface area contributed by atoms with E-state index in [1.807, 2.05) is 6.92 Å². The van der Waals surface area contributed by atoms with E-state index in [4.69, 9.17) is 4.74 Å². The maximum absolute atomic E-state index is 10.9. The minimum absolute atomic E-state index is 0.00683. The molecule has 6 nitrogen and oxygen atoms in total. The van der Waals surface area contributed by atoms with Crippen LogP contribution in [0.25, 0.3) is 0 Å². The number of pyridine rings is 1. The molecule has 0 aromatic carbocycles. The molecule has 0 amide bonds. The zero-order valence-corrected chi connectivity index (χ0v) is 11.1. The van der Waals surface area contributed by atoms with Crippen LogP contribution in [0.4, 0.5) is 11.5 Å². The average molecular weight is 265 g/mol. The summed E-state index contributed by atoms with van der Waals surface area (Å²) in [5, 5.41) is 13.8. The van der Waals surface area contributed by atoms with Gasteiger partial charge >= 0.3 is 0 Å². The largest absolute Gasteiger partial charge is 0.477 e. The second kappa shape index (κ2) is 6.36. The Labute approximate surface area is 112 Å². The predicted molar refractivity (Wildman–Crippen MR) is 72.5 cm³/mol. The van der Waals surface area contributed by atoms with Crippen LogP contribution in [-0.4, -0.2) is 23.1 Å². The molecular formula is C13H19N3O3. The third-order valence-electron chi connectivity index (χ3n) is 3.30. The molecule has 1 saturated carbocycles. The van der Waals surface area contributed by atoms with Crippen molar-refractivity contribution in [1.82, 2.24) is 4.98 Å². The normalized spacial score (nSPS) is 15.4. The molecule has 0 bridgehead atoms. The summed E-state index contributed by atoms with van der Waals surface area (Å²) >= 11 is 0. The van der Waals surface area contributed by atoms with Crippen LogP contribution in [0.15, 0.2) is 12.1 Å². The van der Waals surface area contributed by atoms with Gasteiger partial charge in [-0.05, 0) is 25.7 Å². The van der Waals surface area contributed by atoms with Crippen molar-refractivity contribution in [3.63, 3.8) is 0 Å². The van der Waals surface area contributed by atoms with Gasteiger partial charge in [0.05, 0.1) is 23.7 Å². The highest BCUT2D eigenvalue weighted by molar-refractivity contribution is 5.48. The van der Waals surface area contributed by atoms with Crippen molar-refractivity contribution in [2.45, 2.75) is 32.6 Å². The molecule has 1 heterocycles. The van der Waals surface area contributed by atoms with Gasteiger partial charge in [-0.3, -0.25) is 10.1 Å². The van der Waals surface area contributed by atoms with Crippen molar-refractivity contribution in [2.75, 3.05) is 18.5 Å². The Bertz CT molecular complexity index is 445. The van der Waals surface area contributed by atoms with Crippen LogP contribution in [0.3, 0.4) is 0 Å². The Morgan fingerprint density at radius 3 is 2.84 bits per heavy atom. The van der Waals surface area contributed by atoms with E-state index < -0.39 is 4.92 Å². The second-order valence-electron chi connectivity index (χ2n) is 4.80. The number of hydrogen-bond acceptors (Lipinski definition) is 5. The lowest BCUT2D eigenvalue weighted by molar-refractivity contribution is -0.384. The molecule has 2 rings (SSSR count). The van der Waals surface area contributed by atoms with Gasteiger partial charge < -0.3 is 10.1 Å². The van der Waals surface area contributed by atoms with Crippen molar-refractivity contribution in [3.05, 3.63) is 22.2 Å². The summed E-state index contributed by atoms with van der Waals surface area (Å²) in [5.74, 6) is 1.37. The SMILES string of the molecule is CCNc1cc([N+](=O)[O-])cc(OCC2CCCC2)n1. The van der Waals surface area contributed by atoms with Gasteiger partial charge in [0.15, 0.2) is 0 Å². The molecule has 0 aliphatic heterocycles. The van der Waals surface area contributed by atoms with E-state index in [-0.39, 0.29) is 5.69 Å². The summed E-state index contributed by atoms with van der Waals surface area (Å²) in [4.78, 5) is 14.7. The van der Waals surface area contributed by atoms with Crippen molar-refractivity contribution >= 4 is 11.5 Å². The van der Waals surface area contributed by atoms with Crippen LogP contribution < -0.4 is 10.1 Å². The van der Waals surface area contributed by atoms with E-state index in [9.17, 15) is 10.1 Å². The Morgan fingerprint density at radius 1 is 1.47 bits per heavy atom. The number of anilines is 1. The van der Waals surface area contributed by atoms with E-state index in [2.05, 4.69) is 10.3 Å². The molecule has 0 saturated heterocycles. The van der Waals surface area contributed by atoms with E-state index in [0.717, 1.165) is 0 Å². The molecule has 1 N–H and O–H groups in total. The lowest BCUT2D eigenvalue weighted by Crippen LogP contribution is -2.10. The summed E-state index contributed by atoms with van der Waals surface area (Å²) in [7, 11) is 0. The summed E-state index contributed by atoms with van der Waals surface area (Å²) in [6.07, 6.45) is 4.85. The molecule has 1 aromatic rings. The van der Waals surface area contributed by atoms with Gasteiger partial charge in [-0.15, -0.1) is 0 Å². The standard InChI is InChI=1S/C13H19N3O3/c1-2-14-12-7-11(16(17)18)8-13(15-12)19-9-10-5-3-4-6-10/h7-8,10H,2-6,9H2,1H3,(H,14,15). The van der Waals surface area contributed by atoms with Gasteiger partial charge in [-0.1, -0.05) is 12.8 Å². The first-order chi connectivity index (χ1) is 9.19. The Hall–Kier alpha value is -1.85. The Morgan fingerprint density at radius 2 is 2.21 bits per heavy atom. The van der Waals surface area contributed by atoms with E-state index in [0.29, 0.717) is 30.8 Å². The van der Waals surface area contributed by atoms with Gasteiger partial charge in [0, 0.05) is 6.54 Å². The van der Waals surface area contributed by atoms with Crippen molar-refractivity contribution in [3.8, 4) is 5.88 Å². The highest BCUT2D eigenvalue weighted by Gasteiger charge is 2.17. The minimum Gasteiger partial charge on any atom is -0.477 e. The van der Waals surface area contributed by atoms with Crippen LogP contribution in [0, 0.1) is 16.0 Å². The number of aromatic nitrogens is 1. The molecule has 104 valence electrons. The smallest absolute Gasteiger partial charge is 0.278 e. The van der Waals surface area contributed by atoms with Crippen LogP contribution in [-0.2, 0) is 0 Å². The number of nitrogens with zero attached hydrogens (tertiary/aromatic N) is 2. The third kappa shape index (κ3) is 3.81. The molecule has 1 aliphatic carbocycles. The van der Waals surface area contributed by atoms with E-state index in [1.54, 1.807) is 0 Å². The fourth-order valence-corrected chi connectivity index (χ4v) is 2.32. The first-order valence-electron chi connectivity index (χ1n) is 6.72. The van der Waals surface area contributed by atoms with Gasteiger partial charge in [-0.25, -0.2) is 0 Å². The highest BCUT2D eigenvalue weighted by atomic mass is 16.6. The topological polar surface area (TPSA) is 77.3 Å². The lowest BCUT2D eigenvalue weighted by Gasteiger charge is -2.11. The molecule has 19 heavy (non-hydrogen) atoms. The van der Waals surface area contributed by atoms with Crippen molar-refractivity contribution < 1.29 is 9.66 Å². The lowest BCUT2D eigenvalue weighted by atomic mass is 10.1. The van der Waals surface area contributed by atoms with Gasteiger partial charge in [-0.2, -0.15) is 4.98 Å². The summed E-state index contributed by atoms with van der Waals surface area (Å²) in [5.41, 5.74) is 0.00683. The zero-order valence-electron chi connectivity index (χ0n) is 11.1. The summed E-state index contributed by atoms with van der Waals surface area (Å²) < 4.78 is 5.61. The molecule has 0 spiro atoms. The highest BCUT2D eigenvalue weighted by Crippen LogP contribution is 2.27. The minimum atomic E-state index is -0.426. The fraction of sp³-hybridized carbons (Fsp3) is 0.615. The fourth-order valence-electron chi connectivity index (χ4n) is 2.32. The average Bonchev–Trinajstić information content (AvgIpc) is 2.89. The third-order valence-corrected chi connectivity index (χ3v) is 3.30. The number of nitrogens with one attached hydrogen (secondary N) is 1. The van der Waals surface area contributed by atoms with Crippen LogP contribution >= 0.6 is 0 Å². The predicted octanol–water partition coefficient (Wildman–Crippen LogP) is 2.99. The van der Waals surface area contributed by atoms with Crippen LogP contribution in [0.5, 0.6) is 5.88 Å². The maximum Gasteiger partial charge on any atom is 0.278 e. The number of hydrogen-bond donors (Lipinski definition) is 1. The molecule has 1 aliphatic rings. The molecule has 1 aromatic heterocycles. The number of ether oxygens (including phenoxy) is 1. The Kier molecular flexibility index (Phi) is 4.54. The second-order valence-corrected chi connectivity index (χ2v) is 4.80. The van der Waals surface area contributed by atoms with Crippen molar-refractivity contribution in [1.29, 1.82) is 0 Å². The molecule has 0 atom stereocenters. The molecule has 6 heteroatoms. The first-order valence-corrected chi connectivity index (χ1v) is 6.72. The van der Waals surface area contributed by atoms with E-state index >= 15 is 0 Å². The molecule has 1 fully saturated rings. The van der Waals surface area contributed by atoms with Gasteiger partial charge in [0.1, 0.15) is 5.82 Å². The Balaban J connectivity index is 2.06.